The van der Waals surface area contributed by atoms with Crippen molar-refractivity contribution in [1.82, 2.24) is 0 Å². The van der Waals surface area contributed by atoms with Gasteiger partial charge in [0.2, 0.25) is 0 Å². The molecule has 200 valence electrons. The monoisotopic (exact) mass is 616 g/mol. The first kappa shape index (κ1) is 35.0. The minimum absolute atomic E-state index is 0. The second-order valence-corrected chi connectivity index (χ2v) is 15.7. The van der Waals surface area contributed by atoms with Gasteiger partial charge in [-0.1, -0.05) is 0 Å². The van der Waals surface area contributed by atoms with E-state index in [2.05, 4.69) is 148 Å². The van der Waals surface area contributed by atoms with Gasteiger partial charge in [-0.3, -0.25) is 0 Å². The van der Waals surface area contributed by atoms with Gasteiger partial charge in [0.15, 0.2) is 0 Å². The molecule has 0 spiro atoms. The maximum absolute atomic E-state index is 2.54. The third-order valence-electron chi connectivity index (χ3n) is 7.72. The van der Waals surface area contributed by atoms with E-state index < -0.39 is 8.07 Å². The van der Waals surface area contributed by atoms with Crippen molar-refractivity contribution < 1.29 is 57.7 Å². The molecule has 0 fully saturated rings. The van der Waals surface area contributed by atoms with E-state index in [9.17, 15) is 0 Å². The third kappa shape index (κ3) is 6.63. The summed E-state index contributed by atoms with van der Waals surface area (Å²) in [5, 5.41) is 6.20. The van der Waals surface area contributed by atoms with Crippen LogP contribution in [0.25, 0.3) is 0 Å². The first-order chi connectivity index (χ1) is 16.7. The molecule has 0 radical (unpaired) electrons. The molecule has 0 unspecified atom stereocenters. The maximum Gasteiger partial charge on any atom is -1.00 e. The number of benzene rings is 3. The second kappa shape index (κ2) is 14.5. The van der Waals surface area contributed by atoms with Crippen LogP contribution in [-0.2, 0) is 20.4 Å². The van der Waals surface area contributed by atoms with Crippen LogP contribution in [0.5, 0.6) is 0 Å². The van der Waals surface area contributed by atoms with Crippen molar-refractivity contribution in [2.24, 2.45) is 0 Å². The normalized spacial score (nSPS) is 13.3. The number of hydrogen-bond acceptors (Lipinski definition) is 0. The fourth-order valence-electron chi connectivity index (χ4n) is 5.45. The van der Waals surface area contributed by atoms with Crippen LogP contribution in [-0.4, -0.2) is 8.07 Å². The van der Waals surface area contributed by atoms with Crippen LogP contribution in [0.15, 0.2) is 93.5 Å². The van der Waals surface area contributed by atoms with Crippen LogP contribution in [0, 0.1) is 0 Å². The van der Waals surface area contributed by atoms with Gasteiger partial charge < -0.3 is 37.2 Å². The van der Waals surface area contributed by atoms with Gasteiger partial charge in [-0.25, -0.2) is 0 Å². The molecule has 5 heteroatoms. The summed E-state index contributed by atoms with van der Waals surface area (Å²) < 4.78 is 1.50. The molecule has 0 nitrogen and oxygen atoms in total. The van der Waals surface area contributed by atoms with Crippen molar-refractivity contribution in [1.29, 1.82) is 0 Å². The SMILES string of the molecule is CC1=CCC([Si](c2cccc(C(C)C)c2)(c2cccc(C(C)C)c2)c2cccc(C(C)C)c2)=[C]1[Ti+3].[Cl-].[Cl-].[Cl-]. The molecule has 0 aliphatic heterocycles. The molecule has 0 atom stereocenters. The van der Waals surface area contributed by atoms with Crippen LogP contribution >= 0.6 is 0 Å². The Morgan fingerprint density at radius 1 is 0.605 bits per heavy atom. The van der Waals surface area contributed by atoms with Crippen LogP contribution in [0.4, 0.5) is 0 Å². The summed E-state index contributed by atoms with van der Waals surface area (Å²) in [5.41, 5.74) is 5.73. The molecule has 0 heterocycles. The summed E-state index contributed by atoms with van der Waals surface area (Å²) >= 11 is 2.36. The fraction of sp³-hybridized carbons (Fsp3) is 0.333. The molecule has 0 amide bonds. The summed E-state index contributed by atoms with van der Waals surface area (Å²) in [6.45, 7) is 16.2. The molecule has 1 aliphatic carbocycles. The van der Waals surface area contributed by atoms with Crippen LogP contribution in [0.3, 0.4) is 0 Å². The van der Waals surface area contributed by atoms with E-state index in [0.29, 0.717) is 17.8 Å². The Bertz CT molecular complexity index is 1170. The molecular weight excluding hydrogens is 579 g/mol. The average Bonchev–Trinajstić information content (AvgIpc) is 3.18. The van der Waals surface area contributed by atoms with Crippen LogP contribution < -0.4 is 52.8 Å². The van der Waals surface area contributed by atoms with Gasteiger partial charge in [0, 0.05) is 0 Å². The molecule has 4 rings (SSSR count). The van der Waals surface area contributed by atoms with Gasteiger partial charge in [-0.05, 0) is 0 Å². The number of halogens is 3. The summed E-state index contributed by atoms with van der Waals surface area (Å²) in [7, 11) is -2.50. The van der Waals surface area contributed by atoms with Gasteiger partial charge in [0.25, 0.3) is 0 Å². The molecule has 3 aromatic carbocycles. The van der Waals surface area contributed by atoms with Gasteiger partial charge >= 0.3 is 227 Å². The van der Waals surface area contributed by atoms with Crippen molar-refractivity contribution in [3.05, 3.63) is 110 Å². The second-order valence-electron chi connectivity index (χ2n) is 11.0. The Kier molecular flexibility index (Phi) is 13.4. The molecule has 3 aromatic rings. The summed E-state index contributed by atoms with van der Waals surface area (Å²) in [6.07, 6.45) is 3.50. The van der Waals surface area contributed by atoms with Crippen molar-refractivity contribution in [2.75, 3.05) is 0 Å². The first-order valence-corrected chi connectivity index (χ1v) is 15.9. The minimum Gasteiger partial charge on any atom is -1.00 e. The Morgan fingerprint density at radius 2 is 0.947 bits per heavy atom. The van der Waals surface area contributed by atoms with E-state index in [4.69, 9.17) is 0 Å². The smallest absolute Gasteiger partial charge is 1.00 e. The Morgan fingerprint density at radius 3 is 1.21 bits per heavy atom. The minimum atomic E-state index is -2.50. The van der Waals surface area contributed by atoms with E-state index in [0.717, 1.165) is 6.42 Å². The standard InChI is InChI=1S/C33H39Si.3ClH.Ti/c1-23(2)27-11-8-14-30(20-27)34(33-18-17-26(7)19-33,31-15-9-12-28(21-31)24(3)4)32-16-10-13-29(22-32)25(5)6;;;;/h8-17,20-25H,18H2,1-7H3;3*1H;/q;;;;+3/p-3. The quantitative estimate of drug-likeness (QED) is 0.218. The van der Waals surface area contributed by atoms with Crippen LogP contribution in [0.2, 0.25) is 0 Å². The largest absolute Gasteiger partial charge is 1.00 e. The van der Waals surface area contributed by atoms with Crippen molar-refractivity contribution in [3.8, 4) is 0 Å². The van der Waals surface area contributed by atoms with E-state index in [1.54, 1.807) is 5.20 Å². The van der Waals surface area contributed by atoms with Gasteiger partial charge in [0.05, 0.1) is 0 Å². The molecule has 0 N–H and O–H groups in total. The zero-order chi connectivity index (χ0) is 25.3. The molecular formula is C33H39Cl3SiTi. The van der Waals surface area contributed by atoms with Gasteiger partial charge in [-0.2, -0.15) is 0 Å². The molecule has 0 saturated carbocycles. The number of rotatable bonds is 7. The van der Waals surface area contributed by atoms with E-state index in [1.807, 2.05) is 0 Å². The number of allylic oxidation sites excluding steroid dienone is 4. The molecule has 1 aliphatic rings. The van der Waals surface area contributed by atoms with Gasteiger partial charge in [0.1, 0.15) is 0 Å². The first-order valence-electron chi connectivity index (χ1n) is 13.1. The maximum atomic E-state index is 2.54. The van der Waals surface area contributed by atoms with Crippen molar-refractivity contribution >= 4 is 23.6 Å². The van der Waals surface area contributed by atoms with E-state index in [1.165, 1.54) is 41.7 Å². The van der Waals surface area contributed by atoms with Crippen LogP contribution in [0.1, 0.15) is 89.3 Å². The zero-order valence-corrected chi connectivity index (χ0v) is 28.4. The van der Waals surface area contributed by atoms with E-state index in [-0.39, 0.29) is 37.2 Å². The molecule has 38 heavy (non-hydrogen) atoms. The summed E-state index contributed by atoms with van der Waals surface area (Å²) in [5.74, 6) is 1.51. The summed E-state index contributed by atoms with van der Waals surface area (Å²) in [4.78, 5) is 0. The topological polar surface area (TPSA) is 0 Å². The van der Waals surface area contributed by atoms with Crippen molar-refractivity contribution in [3.63, 3.8) is 0 Å². The molecule has 0 bridgehead atoms. The molecule has 0 aromatic heterocycles. The van der Waals surface area contributed by atoms with E-state index >= 15 is 0 Å². The average molecular weight is 618 g/mol. The predicted octanol–water partition coefficient (Wildman–Crippen LogP) is -1.77. The zero-order valence-electron chi connectivity index (χ0n) is 23.6. The number of hydrogen-bond donors (Lipinski definition) is 0. The fourth-order valence-corrected chi connectivity index (χ4v) is 11.9. The predicted molar refractivity (Wildman–Crippen MR) is 152 cm³/mol. The third-order valence-corrected chi connectivity index (χ3v) is 14.1. The summed E-state index contributed by atoms with van der Waals surface area (Å²) in [6, 6.07) is 28.7. The Hall–Kier alpha value is -1.06. The van der Waals surface area contributed by atoms with Crippen molar-refractivity contribution in [2.45, 2.75) is 72.6 Å². The Labute approximate surface area is 262 Å². The Balaban J connectivity index is 0.00000241. The van der Waals surface area contributed by atoms with Gasteiger partial charge in [-0.15, -0.1) is 0 Å². The molecule has 0 saturated heterocycles.